The molecule has 1 amide bonds. The highest BCUT2D eigenvalue weighted by atomic mass is 19.1. The number of aromatic nitrogens is 2. The molecule has 0 bridgehead atoms. The third-order valence-electron chi connectivity index (χ3n) is 3.60. The zero-order chi connectivity index (χ0) is 15.7. The molecular weight excluding hydrogens is 281 g/mol. The number of H-pyrrole nitrogens is 1. The predicted molar refractivity (Wildman–Crippen MR) is 83.1 cm³/mol. The van der Waals surface area contributed by atoms with E-state index in [2.05, 4.69) is 15.3 Å². The second-order valence-corrected chi connectivity index (χ2v) is 5.30. The van der Waals surface area contributed by atoms with Crippen LogP contribution in [0.1, 0.15) is 34.7 Å². The minimum absolute atomic E-state index is 0.297. The molecule has 1 atom stereocenters. The van der Waals surface area contributed by atoms with Gasteiger partial charge >= 0.3 is 0 Å². The summed E-state index contributed by atoms with van der Waals surface area (Å²) in [7, 11) is 0. The van der Waals surface area contributed by atoms with Gasteiger partial charge in [0.25, 0.3) is 5.91 Å². The molecule has 0 fully saturated rings. The highest BCUT2D eigenvalue weighted by Gasteiger charge is 2.15. The molecule has 3 rings (SSSR count). The molecule has 3 aromatic rings. The van der Waals surface area contributed by atoms with E-state index in [4.69, 9.17) is 0 Å². The largest absolute Gasteiger partial charge is 0.342 e. The first-order valence-electron chi connectivity index (χ1n) is 7.06. The Labute approximate surface area is 127 Å². The van der Waals surface area contributed by atoms with Crippen molar-refractivity contribution in [2.24, 2.45) is 0 Å². The second-order valence-electron chi connectivity index (χ2n) is 5.30. The highest BCUT2D eigenvalue weighted by Crippen LogP contribution is 2.16. The standard InChI is InChI=1S/C17H16FN3O/c1-10-7-8-12(9-13(10)18)17(22)19-11(2)16-20-14-5-3-4-6-15(14)21-16/h3-9,11H,1-2H3,(H,19,22)(H,20,21). The third kappa shape index (κ3) is 2.70. The summed E-state index contributed by atoms with van der Waals surface area (Å²) in [6, 6.07) is 11.8. The van der Waals surface area contributed by atoms with E-state index in [1.165, 1.54) is 6.07 Å². The second kappa shape index (κ2) is 5.60. The molecule has 22 heavy (non-hydrogen) atoms. The summed E-state index contributed by atoms with van der Waals surface area (Å²) in [5, 5.41) is 2.82. The van der Waals surface area contributed by atoms with E-state index in [1.807, 2.05) is 31.2 Å². The molecule has 2 N–H and O–H groups in total. The quantitative estimate of drug-likeness (QED) is 0.777. The number of rotatable bonds is 3. The minimum atomic E-state index is -0.385. The molecule has 1 heterocycles. The van der Waals surface area contributed by atoms with Crippen molar-refractivity contribution in [2.45, 2.75) is 19.9 Å². The Morgan fingerprint density at radius 2 is 2.05 bits per heavy atom. The summed E-state index contributed by atoms with van der Waals surface area (Å²) < 4.78 is 13.5. The smallest absolute Gasteiger partial charge is 0.251 e. The Bertz CT molecular complexity index is 808. The topological polar surface area (TPSA) is 57.8 Å². The van der Waals surface area contributed by atoms with Gasteiger partial charge in [0, 0.05) is 5.56 Å². The van der Waals surface area contributed by atoms with Gasteiger partial charge in [-0.1, -0.05) is 18.2 Å². The number of hydrogen-bond acceptors (Lipinski definition) is 2. The molecule has 4 nitrogen and oxygen atoms in total. The van der Waals surface area contributed by atoms with Crippen LogP contribution < -0.4 is 5.32 Å². The number of nitrogens with one attached hydrogen (secondary N) is 2. The average Bonchev–Trinajstić information content (AvgIpc) is 2.94. The summed E-state index contributed by atoms with van der Waals surface area (Å²) in [6.07, 6.45) is 0. The maximum Gasteiger partial charge on any atom is 0.251 e. The van der Waals surface area contributed by atoms with Crippen LogP contribution in [0.2, 0.25) is 0 Å². The van der Waals surface area contributed by atoms with Gasteiger partial charge in [0.2, 0.25) is 0 Å². The fraction of sp³-hybridized carbons (Fsp3) is 0.176. The number of aromatic amines is 1. The number of fused-ring (bicyclic) bond motifs is 1. The lowest BCUT2D eigenvalue weighted by Gasteiger charge is -2.11. The number of halogens is 1. The number of hydrogen-bond donors (Lipinski definition) is 2. The van der Waals surface area contributed by atoms with Crippen LogP contribution in [0, 0.1) is 12.7 Å². The molecule has 112 valence electrons. The number of carbonyl (C=O) groups excluding carboxylic acids is 1. The van der Waals surface area contributed by atoms with E-state index < -0.39 is 0 Å². The number of nitrogens with zero attached hydrogens (tertiary/aromatic N) is 1. The number of aryl methyl sites for hydroxylation is 1. The Kier molecular flexibility index (Phi) is 3.63. The van der Waals surface area contributed by atoms with Gasteiger partial charge in [-0.25, -0.2) is 9.37 Å². The Morgan fingerprint density at radius 1 is 1.27 bits per heavy atom. The summed E-state index contributed by atoms with van der Waals surface area (Å²) in [5.41, 5.74) is 2.58. The van der Waals surface area contributed by atoms with Crippen LogP contribution in [-0.4, -0.2) is 15.9 Å². The van der Waals surface area contributed by atoms with E-state index in [-0.39, 0.29) is 17.8 Å². The van der Waals surface area contributed by atoms with E-state index >= 15 is 0 Å². The number of imidazole rings is 1. The maximum atomic E-state index is 13.5. The van der Waals surface area contributed by atoms with Crippen LogP contribution in [0.15, 0.2) is 42.5 Å². The SMILES string of the molecule is Cc1ccc(C(=O)NC(C)c2nc3ccccc3[nH]2)cc1F. The Balaban J connectivity index is 1.79. The molecule has 0 saturated carbocycles. The van der Waals surface area contributed by atoms with Gasteiger partial charge in [0.15, 0.2) is 0 Å². The molecule has 1 unspecified atom stereocenters. The van der Waals surface area contributed by atoms with Crippen molar-refractivity contribution in [3.8, 4) is 0 Å². The Hall–Kier alpha value is -2.69. The van der Waals surface area contributed by atoms with Gasteiger partial charge in [-0.05, 0) is 43.7 Å². The number of amides is 1. The van der Waals surface area contributed by atoms with Crippen molar-refractivity contribution in [2.75, 3.05) is 0 Å². The third-order valence-corrected chi connectivity index (χ3v) is 3.60. The van der Waals surface area contributed by atoms with E-state index in [0.717, 1.165) is 11.0 Å². The molecule has 5 heteroatoms. The highest BCUT2D eigenvalue weighted by molar-refractivity contribution is 5.94. The molecular formula is C17H16FN3O. The first-order valence-corrected chi connectivity index (χ1v) is 7.06. The predicted octanol–water partition coefficient (Wildman–Crippen LogP) is 3.50. The molecule has 0 aliphatic heterocycles. The van der Waals surface area contributed by atoms with E-state index in [9.17, 15) is 9.18 Å². The number of benzene rings is 2. The van der Waals surface area contributed by atoms with Gasteiger partial charge in [0.05, 0.1) is 17.1 Å². The van der Waals surface area contributed by atoms with Crippen molar-refractivity contribution < 1.29 is 9.18 Å². The first kappa shape index (κ1) is 14.3. The van der Waals surface area contributed by atoms with Crippen molar-refractivity contribution in [3.63, 3.8) is 0 Å². The summed E-state index contributed by atoms with van der Waals surface area (Å²) >= 11 is 0. The number of carbonyl (C=O) groups is 1. The lowest BCUT2D eigenvalue weighted by molar-refractivity contribution is 0.0938. The molecule has 2 aromatic carbocycles. The summed E-state index contributed by atoms with van der Waals surface area (Å²) in [4.78, 5) is 19.8. The normalized spacial score (nSPS) is 12.3. The van der Waals surface area contributed by atoms with Crippen LogP contribution in [0.3, 0.4) is 0 Å². The summed E-state index contributed by atoms with van der Waals surface area (Å²) in [6.45, 7) is 3.49. The van der Waals surface area contributed by atoms with E-state index in [0.29, 0.717) is 17.0 Å². The molecule has 0 aliphatic carbocycles. The van der Waals surface area contributed by atoms with Crippen LogP contribution in [0.25, 0.3) is 11.0 Å². The molecule has 0 spiro atoms. The van der Waals surface area contributed by atoms with Crippen LogP contribution in [-0.2, 0) is 0 Å². The fourth-order valence-corrected chi connectivity index (χ4v) is 2.26. The molecule has 0 saturated heterocycles. The molecule has 0 radical (unpaired) electrons. The van der Waals surface area contributed by atoms with Crippen molar-refractivity contribution in [1.29, 1.82) is 0 Å². The van der Waals surface area contributed by atoms with Gasteiger partial charge in [-0.3, -0.25) is 4.79 Å². The van der Waals surface area contributed by atoms with Crippen molar-refractivity contribution in [3.05, 3.63) is 65.2 Å². The maximum absolute atomic E-state index is 13.5. The van der Waals surface area contributed by atoms with Gasteiger partial charge in [-0.15, -0.1) is 0 Å². The average molecular weight is 297 g/mol. The van der Waals surface area contributed by atoms with Crippen molar-refractivity contribution >= 4 is 16.9 Å². The summed E-state index contributed by atoms with van der Waals surface area (Å²) in [5.74, 6) is -0.0435. The Morgan fingerprint density at radius 3 is 2.77 bits per heavy atom. The van der Waals surface area contributed by atoms with Crippen LogP contribution in [0.5, 0.6) is 0 Å². The first-order chi connectivity index (χ1) is 10.5. The zero-order valence-electron chi connectivity index (χ0n) is 12.4. The molecule has 1 aromatic heterocycles. The lowest BCUT2D eigenvalue weighted by Crippen LogP contribution is -2.27. The molecule has 0 aliphatic rings. The zero-order valence-corrected chi connectivity index (χ0v) is 12.4. The number of para-hydroxylation sites is 2. The van der Waals surface area contributed by atoms with E-state index in [1.54, 1.807) is 19.1 Å². The van der Waals surface area contributed by atoms with Crippen molar-refractivity contribution in [1.82, 2.24) is 15.3 Å². The van der Waals surface area contributed by atoms with Gasteiger partial charge < -0.3 is 10.3 Å². The van der Waals surface area contributed by atoms with Gasteiger partial charge in [-0.2, -0.15) is 0 Å². The fourth-order valence-electron chi connectivity index (χ4n) is 2.26. The lowest BCUT2D eigenvalue weighted by atomic mass is 10.1. The van der Waals surface area contributed by atoms with Crippen LogP contribution in [0.4, 0.5) is 4.39 Å². The monoisotopic (exact) mass is 297 g/mol. The van der Waals surface area contributed by atoms with Gasteiger partial charge in [0.1, 0.15) is 11.6 Å². The van der Waals surface area contributed by atoms with Crippen LogP contribution >= 0.6 is 0 Å². The minimum Gasteiger partial charge on any atom is -0.342 e.